The van der Waals surface area contributed by atoms with E-state index >= 15 is 0 Å². The molecule has 6 heteroatoms. The van der Waals surface area contributed by atoms with Crippen molar-refractivity contribution < 1.29 is 19.8 Å². The molecule has 4 nitrogen and oxygen atoms in total. The van der Waals surface area contributed by atoms with E-state index in [0.717, 1.165) is 0 Å². The van der Waals surface area contributed by atoms with Crippen LogP contribution in [0.4, 0.5) is 0 Å². The van der Waals surface area contributed by atoms with Crippen LogP contribution in [0.25, 0.3) is 0 Å². The van der Waals surface area contributed by atoms with Crippen molar-refractivity contribution in [2.24, 2.45) is 0 Å². The fourth-order valence-electron chi connectivity index (χ4n) is 0.340. The minimum absolute atomic E-state index is 0.918. The van der Waals surface area contributed by atoms with E-state index in [0.29, 0.717) is 0 Å². The summed E-state index contributed by atoms with van der Waals surface area (Å²) in [6, 6.07) is 0. The molecule has 0 aromatic heterocycles. The van der Waals surface area contributed by atoms with Crippen LogP contribution in [0.5, 0.6) is 0 Å². The van der Waals surface area contributed by atoms with Crippen LogP contribution in [0.1, 0.15) is 6.92 Å². The highest BCUT2D eigenvalue weighted by Gasteiger charge is 2.41. The molecule has 0 aliphatic rings. The van der Waals surface area contributed by atoms with Crippen molar-refractivity contribution in [2.45, 2.75) is 14.3 Å². The molecule has 2 unspecified atom stereocenters. The van der Waals surface area contributed by atoms with E-state index in [1.165, 1.54) is 6.92 Å². The van der Waals surface area contributed by atoms with Gasteiger partial charge in [0.15, 0.2) is 0 Å². The molecule has 0 bridgehead atoms. The van der Waals surface area contributed by atoms with Crippen LogP contribution in [-0.4, -0.2) is 29.5 Å². The van der Waals surface area contributed by atoms with Crippen molar-refractivity contribution in [1.29, 1.82) is 0 Å². The fraction of sp³-hybridized carbons (Fsp3) is 0.600. The zero-order valence-electron chi connectivity index (χ0n) is 5.54. The SMILES string of the molecule is CC(I)(C(=O)O)C(I)C(=O)O. The van der Waals surface area contributed by atoms with Crippen molar-refractivity contribution in [1.82, 2.24) is 0 Å². The predicted octanol–water partition coefficient (Wildman–Crippen LogP) is 1.15. The quantitative estimate of drug-likeness (QED) is 0.566. The number of hydrogen-bond donors (Lipinski definition) is 2. The summed E-state index contributed by atoms with van der Waals surface area (Å²) < 4.78 is -2.16. The number of carbonyl (C=O) groups is 2. The van der Waals surface area contributed by atoms with E-state index in [2.05, 4.69) is 0 Å². The Bertz CT molecular complexity index is 189. The molecule has 0 fully saturated rings. The maximum absolute atomic E-state index is 10.5. The van der Waals surface area contributed by atoms with Gasteiger partial charge in [0, 0.05) is 0 Å². The number of hydrogen-bond acceptors (Lipinski definition) is 2. The second-order valence-corrected chi connectivity index (χ2v) is 5.57. The molecule has 0 saturated heterocycles. The highest BCUT2D eigenvalue weighted by Crippen LogP contribution is 2.29. The van der Waals surface area contributed by atoms with Crippen LogP contribution in [-0.2, 0) is 9.59 Å². The number of carboxylic acids is 2. The Morgan fingerprint density at radius 2 is 1.82 bits per heavy atom. The summed E-state index contributed by atoms with van der Waals surface area (Å²) in [7, 11) is 0. The molecular formula is C5H6I2O4. The van der Waals surface area contributed by atoms with E-state index < -0.39 is 19.3 Å². The first-order chi connectivity index (χ1) is 4.80. The molecule has 0 aliphatic carbocycles. The summed E-state index contributed by atoms with van der Waals surface area (Å²) in [5, 5.41) is 17.1. The molecule has 2 atom stereocenters. The minimum atomic E-state index is -1.25. The third kappa shape index (κ3) is 2.73. The van der Waals surface area contributed by atoms with Gasteiger partial charge < -0.3 is 10.2 Å². The van der Waals surface area contributed by atoms with E-state index in [4.69, 9.17) is 10.2 Å². The van der Waals surface area contributed by atoms with Gasteiger partial charge in [0.05, 0.1) is 0 Å². The van der Waals surface area contributed by atoms with Crippen LogP contribution >= 0.6 is 45.2 Å². The van der Waals surface area contributed by atoms with E-state index in [1.54, 1.807) is 45.2 Å². The Hall–Kier alpha value is 0.400. The Morgan fingerprint density at radius 3 is 1.91 bits per heavy atom. The molecule has 0 heterocycles. The average Bonchev–Trinajstić information content (AvgIpc) is 1.85. The average molecular weight is 384 g/mol. The molecular weight excluding hydrogens is 378 g/mol. The van der Waals surface area contributed by atoms with Gasteiger partial charge in [-0.25, -0.2) is 0 Å². The predicted molar refractivity (Wildman–Crippen MR) is 55.5 cm³/mol. The summed E-state index contributed by atoms with van der Waals surface area (Å²) in [6.07, 6.45) is 0. The van der Waals surface area contributed by atoms with Gasteiger partial charge in [0.2, 0.25) is 0 Å². The highest BCUT2D eigenvalue weighted by atomic mass is 127. The molecule has 0 saturated carbocycles. The first-order valence-electron chi connectivity index (χ1n) is 2.59. The third-order valence-corrected chi connectivity index (χ3v) is 5.17. The molecule has 0 aliphatic heterocycles. The van der Waals surface area contributed by atoms with Crippen LogP contribution in [0.15, 0.2) is 0 Å². The first kappa shape index (κ1) is 11.4. The van der Waals surface area contributed by atoms with Gasteiger partial charge in [-0.1, -0.05) is 45.2 Å². The molecule has 64 valence electrons. The normalized spacial score (nSPS) is 18.5. The summed E-state index contributed by atoms with van der Waals surface area (Å²) in [4.78, 5) is 20.9. The first-order valence-corrected chi connectivity index (χ1v) is 4.91. The summed E-state index contributed by atoms with van der Waals surface area (Å²) >= 11 is 3.22. The van der Waals surface area contributed by atoms with Crippen LogP contribution in [0.3, 0.4) is 0 Å². The largest absolute Gasteiger partial charge is 0.480 e. The van der Waals surface area contributed by atoms with Gasteiger partial charge in [0.1, 0.15) is 7.35 Å². The lowest BCUT2D eigenvalue weighted by Crippen LogP contribution is -2.41. The zero-order valence-corrected chi connectivity index (χ0v) is 9.86. The number of aliphatic carboxylic acids is 2. The van der Waals surface area contributed by atoms with Gasteiger partial charge in [-0.2, -0.15) is 0 Å². The van der Waals surface area contributed by atoms with Crippen molar-refractivity contribution in [3.63, 3.8) is 0 Å². The Kier molecular flexibility index (Phi) is 4.02. The molecule has 11 heavy (non-hydrogen) atoms. The van der Waals surface area contributed by atoms with Crippen LogP contribution < -0.4 is 0 Å². The third-order valence-electron chi connectivity index (χ3n) is 1.11. The highest BCUT2D eigenvalue weighted by molar-refractivity contribution is 14.1. The zero-order chi connectivity index (χ0) is 9.23. The van der Waals surface area contributed by atoms with Crippen LogP contribution in [0.2, 0.25) is 0 Å². The van der Waals surface area contributed by atoms with Gasteiger partial charge in [-0.3, -0.25) is 9.59 Å². The summed E-state index contributed by atoms with van der Waals surface area (Å²) in [5.74, 6) is -2.22. The Labute approximate surface area is 90.6 Å². The van der Waals surface area contributed by atoms with E-state index in [-0.39, 0.29) is 0 Å². The maximum Gasteiger partial charge on any atom is 0.321 e. The molecule has 2 N–H and O–H groups in total. The fourth-order valence-corrected chi connectivity index (χ4v) is 0.873. The van der Waals surface area contributed by atoms with Gasteiger partial charge >= 0.3 is 11.9 Å². The monoisotopic (exact) mass is 384 g/mol. The number of carboxylic acid groups (broad SMARTS) is 2. The van der Waals surface area contributed by atoms with Crippen LogP contribution in [0, 0.1) is 0 Å². The Morgan fingerprint density at radius 1 is 1.45 bits per heavy atom. The lowest BCUT2D eigenvalue weighted by molar-refractivity contribution is -0.144. The van der Waals surface area contributed by atoms with Gasteiger partial charge in [0.25, 0.3) is 0 Å². The maximum atomic E-state index is 10.5. The summed E-state index contributed by atoms with van der Waals surface area (Å²) in [6.45, 7) is 1.38. The standard InChI is InChI=1S/C5H6I2O4/c1-5(7,4(10)11)2(6)3(8)9/h2H,1H3,(H,8,9)(H,10,11). The molecule has 0 aromatic rings. The lowest BCUT2D eigenvalue weighted by Gasteiger charge is -2.19. The van der Waals surface area contributed by atoms with E-state index in [9.17, 15) is 9.59 Å². The van der Waals surface area contributed by atoms with Crippen molar-refractivity contribution in [3.05, 3.63) is 0 Å². The van der Waals surface area contributed by atoms with Crippen molar-refractivity contribution in [3.8, 4) is 0 Å². The molecule has 0 rings (SSSR count). The van der Waals surface area contributed by atoms with E-state index in [1.807, 2.05) is 0 Å². The summed E-state index contributed by atoms with van der Waals surface area (Å²) in [5.41, 5.74) is 0. The minimum Gasteiger partial charge on any atom is -0.480 e. The number of alkyl halides is 2. The second kappa shape index (κ2) is 3.87. The van der Waals surface area contributed by atoms with Gasteiger partial charge in [-0.05, 0) is 6.92 Å². The molecule has 0 amide bonds. The van der Waals surface area contributed by atoms with Crippen molar-refractivity contribution >= 4 is 57.1 Å². The number of halogens is 2. The second-order valence-electron chi connectivity index (χ2n) is 2.08. The molecule has 0 aromatic carbocycles. The lowest BCUT2D eigenvalue weighted by atomic mass is 10.1. The molecule has 0 radical (unpaired) electrons. The van der Waals surface area contributed by atoms with Crippen molar-refractivity contribution in [2.75, 3.05) is 0 Å². The topological polar surface area (TPSA) is 74.6 Å². The number of rotatable bonds is 3. The molecule has 0 spiro atoms. The van der Waals surface area contributed by atoms with Gasteiger partial charge in [-0.15, -0.1) is 0 Å². The Balaban J connectivity index is 4.55. The smallest absolute Gasteiger partial charge is 0.321 e.